The summed E-state index contributed by atoms with van der Waals surface area (Å²) >= 11 is 0. The molecule has 0 aliphatic heterocycles. The number of nitrogens with one attached hydrogen (secondary N) is 1. The van der Waals surface area contributed by atoms with Crippen molar-refractivity contribution in [2.45, 2.75) is 13.0 Å². The van der Waals surface area contributed by atoms with Crippen LogP contribution in [0.3, 0.4) is 0 Å². The highest BCUT2D eigenvalue weighted by Gasteiger charge is 2.26. The van der Waals surface area contributed by atoms with Gasteiger partial charge in [-0.1, -0.05) is 61.5 Å². The number of alkyl carbamates (subject to hydrolysis) is 1. The molecule has 0 aromatic heterocycles. The second-order valence-electron chi connectivity index (χ2n) is 6.92. The Hall–Kier alpha value is -4.13. The van der Waals surface area contributed by atoms with E-state index in [1.54, 1.807) is 67.6 Å². The van der Waals surface area contributed by atoms with Gasteiger partial charge in [-0.05, 0) is 23.6 Å². The third kappa shape index (κ3) is 5.27. The van der Waals surface area contributed by atoms with E-state index in [-0.39, 0.29) is 5.75 Å². The van der Waals surface area contributed by atoms with Crippen LogP contribution in [0.15, 0.2) is 78.9 Å². The molecule has 0 fully saturated rings. The number of fused-ring (bicyclic) bond motifs is 1. The van der Waals surface area contributed by atoms with Crippen LogP contribution in [0.1, 0.15) is 28.9 Å². The number of aromatic hydroxyl groups is 1. The van der Waals surface area contributed by atoms with Crippen LogP contribution in [0, 0.1) is 5.92 Å². The van der Waals surface area contributed by atoms with E-state index in [1.165, 1.54) is 12.1 Å². The number of carbonyl (C=O) groups is 3. The van der Waals surface area contributed by atoms with Gasteiger partial charge in [-0.25, -0.2) is 9.59 Å². The van der Waals surface area contributed by atoms with Crippen LogP contribution >= 0.6 is 0 Å². The van der Waals surface area contributed by atoms with E-state index in [1.807, 2.05) is 0 Å². The summed E-state index contributed by atoms with van der Waals surface area (Å²) < 4.78 is 5.57. The van der Waals surface area contributed by atoms with E-state index in [0.717, 1.165) is 6.08 Å². The minimum Gasteiger partial charge on any atom is -0.507 e. The lowest BCUT2D eigenvalue weighted by molar-refractivity contribution is -0.131. The molecule has 0 heterocycles. The molecule has 158 valence electrons. The van der Waals surface area contributed by atoms with E-state index >= 15 is 0 Å². The summed E-state index contributed by atoms with van der Waals surface area (Å²) in [7, 11) is 0. The summed E-state index contributed by atoms with van der Waals surface area (Å²) in [4.78, 5) is 35.8. The SMILES string of the molecule is C[C@@H](/C=C/C(=O)O)[C@H](OC(=O)NC(=O)c1ccccc1)c1ccc(O)c2ccccc12. The number of carboxylic acids is 1. The first-order valence-corrected chi connectivity index (χ1v) is 9.55. The maximum absolute atomic E-state index is 12.5. The Kier molecular flexibility index (Phi) is 6.67. The molecule has 3 N–H and O–H groups in total. The second kappa shape index (κ2) is 9.58. The van der Waals surface area contributed by atoms with Gasteiger partial charge in [0, 0.05) is 28.5 Å². The van der Waals surface area contributed by atoms with Crippen LogP contribution in [0.5, 0.6) is 5.75 Å². The quantitative estimate of drug-likeness (QED) is 0.510. The number of aliphatic carboxylic acids is 1. The summed E-state index contributed by atoms with van der Waals surface area (Å²) in [5.74, 6) is -2.23. The molecular formula is C24H21NO6. The molecule has 0 radical (unpaired) electrons. The standard InChI is InChI=1S/C24H21NO6/c1-15(11-14-21(27)28)22(19-12-13-20(26)18-10-6-5-9-17(18)19)31-24(30)25-23(29)16-7-3-2-4-8-16/h2-15,22,26H,1H3,(H,27,28)(H,25,29,30)/b14-11+/t15-,22-/m0/s1. The molecule has 31 heavy (non-hydrogen) atoms. The van der Waals surface area contributed by atoms with Gasteiger partial charge in [0.25, 0.3) is 5.91 Å². The fraction of sp³-hybridized carbons (Fsp3) is 0.125. The number of hydrogen-bond acceptors (Lipinski definition) is 5. The van der Waals surface area contributed by atoms with Gasteiger partial charge in [0.05, 0.1) is 0 Å². The highest BCUT2D eigenvalue weighted by molar-refractivity contribution is 6.03. The minimum atomic E-state index is -1.13. The molecule has 2 amide bonds. The van der Waals surface area contributed by atoms with Gasteiger partial charge in [0.15, 0.2) is 0 Å². The topological polar surface area (TPSA) is 113 Å². The maximum atomic E-state index is 12.5. The number of benzene rings is 3. The molecule has 3 aromatic rings. The Morgan fingerprint density at radius 1 is 0.935 bits per heavy atom. The normalized spacial score (nSPS) is 12.9. The average Bonchev–Trinajstić information content (AvgIpc) is 2.77. The fourth-order valence-electron chi connectivity index (χ4n) is 3.24. The van der Waals surface area contributed by atoms with E-state index in [9.17, 15) is 19.5 Å². The van der Waals surface area contributed by atoms with Gasteiger partial charge in [-0.15, -0.1) is 0 Å². The number of ether oxygens (including phenoxy) is 1. The van der Waals surface area contributed by atoms with E-state index in [0.29, 0.717) is 21.9 Å². The molecule has 7 nitrogen and oxygen atoms in total. The third-order valence-electron chi connectivity index (χ3n) is 4.75. The monoisotopic (exact) mass is 419 g/mol. The zero-order valence-electron chi connectivity index (χ0n) is 16.7. The van der Waals surface area contributed by atoms with Crippen molar-refractivity contribution in [3.8, 4) is 5.75 Å². The van der Waals surface area contributed by atoms with Crippen LogP contribution in [0.25, 0.3) is 10.8 Å². The predicted octanol–water partition coefficient (Wildman–Crippen LogP) is 4.43. The number of carbonyl (C=O) groups excluding carboxylic acids is 2. The summed E-state index contributed by atoms with van der Waals surface area (Å²) in [5, 5.41) is 22.5. The van der Waals surface area contributed by atoms with Crippen LogP contribution in [-0.2, 0) is 9.53 Å². The molecule has 0 bridgehead atoms. The molecule has 0 aliphatic rings. The molecule has 0 saturated carbocycles. The van der Waals surface area contributed by atoms with Crippen molar-refractivity contribution in [2.24, 2.45) is 5.92 Å². The summed E-state index contributed by atoms with van der Waals surface area (Å²) in [6, 6.07) is 18.3. The van der Waals surface area contributed by atoms with Gasteiger partial charge in [0.1, 0.15) is 11.9 Å². The van der Waals surface area contributed by atoms with Crippen molar-refractivity contribution in [3.63, 3.8) is 0 Å². The first-order valence-electron chi connectivity index (χ1n) is 9.55. The van der Waals surface area contributed by atoms with Crippen molar-refractivity contribution in [1.29, 1.82) is 0 Å². The molecule has 3 rings (SSSR count). The highest BCUT2D eigenvalue weighted by Crippen LogP contribution is 2.36. The molecule has 3 aromatic carbocycles. The predicted molar refractivity (Wildman–Crippen MR) is 115 cm³/mol. The number of phenols is 1. The first kappa shape index (κ1) is 21.6. The van der Waals surface area contributed by atoms with Gasteiger partial charge < -0.3 is 14.9 Å². The average molecular weight is 419 g/mol. The number of rotatable bonds is 6. The van der Waals surface area contributed by atoms with E-state index < -0.39 is 30.0 Å². The van der Waals surface area contributed by atoms with Crippen molar-refractivity contribution in [1.82, 2.24) is 5.32 Å². The Labute approximate surface area is 178 Å². The van der Waals surface area contributed by atoms with Crippen molar-refractivity contribution in [2.75, 3.05) is 0 Å². The molecule has 2 atom stereocenters. The molecule has 0 saturated heterocycles. The highest BCUT2D eigenvalue weighted by atomic mass is 16.6. The van der Waals surface area contributed by atoms with Gasteiger partial charge in [0.2, 0.25) is 0 Å². The molecule has 7 heteroatoms. The van der Waals surface area contributed by atoms with Gasteiger partial charge in [-0.3, -0.25) is 10.1 Å². The maximum Gasteiger partial charge on any atom is 0.414 e. The minimum absolute atomic E-state index is 0.0653. The van der Waals surface area contributed by atoms with Crippen LogP contribution < -0.4 is 5.32 Å². The van der Waals surface area contributed by atoms with Crippen LogP contribution in [0.2, 0.25) is 0 Å². The lowest BCUT2D eigenvalue weighted by atomic mass is 9.92. The zero-order valence-corrected chi connectivity index (χ0v) is 16.7. The second-order valence-corrected chi connectivity index (χ2v) is 6.92. The molecule has 0 unspecified atom stereocenters. The summed E-state index contributed by atoms with van der Waals surface area (Å²) in [5.41, 5.74) is 0.864. The van der Waals surface area contributed by atoms with Crippen molar-refractivity contribution >= 4 is 28.7 Å². The fourth-order valence-corrected chi connectivity index (χ4v) is 3.24. The lowest BCUT2D eigenvalue weighted by Crippen LogP contribution is -2.33. The van der Waals surface area contributed by atoms with Crippen LogP contribution in [-0.4, -0.2) is 28.2 Å². The van der Waals surface area contributed by atoms with Crippen molar-refractivity contribution in [3.05, 3.63) is 90.0 Å². The van der Waals surface area contributed by atoms with E-state index in [2.05, 4.69) is 5.32 Å². The third-order valence-corrected chi connectivity index (χ3v) is 4.75. The number of hydrogen-bond donors (Lipinski definition) is 3. The number of carboxylic acid groups (broad SMARTS) is 1. The summed E-state index contributed by atoms with van der Waals surface area (Å²) in [6.07, 6.45) is 0.494. The molecule has 0 spiro atoms. The zero-order chi connectivity index (χ0) is 22.4. The Morgan fingerprint density at radius 2 is 1.58 bits per heavy atom. The Morgan fingerprint density at radius 3 is 2.26 bits per heavy atom. The van der Waals surface area contributed by atoms with E-state index in [4.69, 9.17) is 9.84 Å². The first-order chi connectivity index (χ1) is 14.9. The Balaban J connectivity index is 1.92. The lowest BCUT2D eigenvalue weighted by Gasteiger charge is -2.24. The van der Waals surface area contributed by atoms with Crippen molar-refractivity contribution < 1.29 is 29.3 Å². The number of amides is 2. The van der Waals surface area contributed by atoms with Gasteiger partial charge in [-0.2, -0.15) is 0 Å². The molecule has 0 aliphatic carbocycles. The number of phenolic OH excluding ortho intramolecular Hbond substituents is 1. The van der Waals surface area contributed by atoms with Crippen LogP contribution in [0.4, 0.5) is 4.79 Å². The van der Waals surface area contributed by atoms with Gasteiger partial charge >= 0.3 is 12.1 Å². The number of imide groups is 1. The Bertz CT molecular complexity index is 1140. The molecular weight excluding hydrogens is 398 g/mol. The smallest absolute Gasteiger partial charge is 0.414 e. The summed E-state index contributed by atoms with van der Waals surface area (Å²) in [6.45, 7) is 1.69. The largest absolute Gasteiger partial charge is 0.507 e.